The van der Waals surface area contributed by atoms with Gasteiger partial charge in [0.25, 0.3) is 5.91 Å². The minimum Gasteiger partial charge on any atom is -0.486 e. The van der Waals surface area contributed by atoms with Crippen molar-refractivity contribution in [2.24, 2.45) is 0 Å². The number of nitrogens with zero attached hydrogens (tertiary/aromatic N) is 2. The fraction of sp³-hybridized carbons (Fsp3) is 0.526. The van der Waals surface area contributed by atoms with Crippen LogP contribution in [0.3, 0.4) is 0 Å². The fourth-order valence-corrected chi connectivity index (χ4v) is 3.13. The zero-order valence-electron chi connectivity index (χ0n) is 16.1. The second-order valence-electron chi connectivity index (χ2n) is 7.61. The number of carbonyl (C=O) groups is 3. The van der Waals surface area contributed by atoms with Crippen molar-refractivity contribution in [3.63, 3.8) is 0 Å². The molecule has 152 valence electrons. The first-order valence-electron chi connectivity index (χ1n) is 9.07. The summed E-state index contributed by atoms with van der Waals surface area (Å²) in [5.74, 6) is -0.893. The number of aliphatic carboxylic acids is 1. The molecule has 1 aromatic rings. The number of carboxylic acid groups (broad SMARTS) is 1. The van der Waals surface area contributed by atoms with Gasteiger partial charge in [-0.1, -0.05) is 6.07 Å². The predicted octanol–water partition coefficient (Wildman–Crippen LogP) is 1.60. The molecule has 2 heterocycles. The maximum Gasteiger partial charge on any atom is 0.410 e. The number of benzene rings is 1. The van der Waals surface area contributed by atoms with E-state index >= 15 is 0 Å². The standard InChI is InChI=1S/C19H24N2O7/c1-19(2,3)28-18(25)20-7-8-21(13(11-20)17(23)24)16(22)12-5-4-6-14-15(12)27-10-9-26-14/h4-6,13H,7-11H2,1-3H3,(H,23,24)/t13-/m0/s1. The molecule has 1 aromatic carbocycles. The molecule has 0 aromatic heterocycles. The highest BCUT2D eigenvalue weighted by Crippen LogP contribution is 2.34. The van der Waals surface area contributed by atoms with Crippen molar-refractivity contribution >= 4 is 18.0 Å². The highest BCUT2D eigenvalue weighted by atomic mass is 16.6. The number of rotatable bonds is 2. The van der Waals surface area contributed by atoms with Crippen LogP contribution < -0.4 is 9.47 Å². The summed E-state index contributed by atoms with van der Waals surface area (Å²) in [5, 5.41) is 9.65. The number of hydrogen-bond donors (Lipinski definition) is 1. The smallest absolute Gasteiger partial charge is 0.410 e. The molecule has 1 N–H and O–H groups in total. The Kier molecular flexibility index (Phi) is 5.35. The SMILES string of the molecule is CC(C)(C)OC(=O)N1CCN(C(=O)c2cccc3c2OCCO3)[C@H](C(=O)O)C1. The molecular weight excluding hydrogens is 368 g/mol. The minimum atomic E-state index is -1.19. The lowest BCUT2D eigenvalue weighted by molar-refractivity contribution is -0.144. The summed E-state index contributed by atoms with van der Waals surface area (Å²) in [6.07, 6.45) is -0.598. The zero-order valence-corrected chi connectivity index (χ0v) is 16.1. The molecule has 3 rings (SSSR count). The molecule has 1 fully saturated rings. The normalized spacial score (nSPS) is 19.2. The molecule has 0 spiro atoms. The molecule has 0 radical (unpaired) electrons. The summed E-state index contributed by atoms with van der Waals surface area (Å²) in [4.78, 5) is 39.7. The molecule has 9 heteroatoms. The van der Waals surface area contributed by atoms with Gasteiger partial charge in [-0.15, -0.1) is 0 Å². The topological polar surface area (TPSA) is 106 Å². The summed E-state index contributed by atoms with van der Waals surface area (Å²) in [7, 11) is 0. The van der Waals surface area contributed by atoms with Crippen LogP contribution in [0, 0.1) is 0 Å². The molecule has 0 saturated carbocycles. The van der Waals surface area contributed by atoms with Gasteiger partial charge in [-0.3, -0.25) is 4.79 Å². The molecule has 9 nitrogen and oxygen atoms in total. The number of amides is 2. The Morgan fingerprint density at radius 2 is 1.86 bits per heavy atom. The van der Waals surface area contributed by atoms with Gasteiger partial charge < -0.3 is 29.1 Å². The van der Waals surface area contributed by atoms with Gasteiger partial charge in [-0.05, 0) is 32.9 Å². The van der Waals surface area contributed by atoms with Crippen LogP contribution in [0.15, 0.2) is 18.2 Å². The van der Waals surface area contributed by atoms with Crippen LogP contribution >= 0.6 is 0 Å². The van der Waals surface area contributed by atoms with E-state index in [9.17, 15) is 19.5 Å². The number of ether oxygens (including phenoxy) is 3. The van der Waals surface area contributed by atoms with Crippen LogP contribution in [-0.4, -0.2) is 77.4 Å². The molecule has 28 heavy (non-hydrogen) atoms. The first-order chi connectivity index (χ1) is 13.2. The van der Waals surface area contributed by atoms with E-state index in [4.69, 9.17) is 14.2 Å². The third-order valence-electron chi connectivity index (χ3n) is 4.37. The molecule has 0 unspecified atom stereocenters. The second kappa shape index (κ2) is 7.57. The van der Waals surface area contributed by atoms with Crippen molar-refractivity contribution in [2.75, 3.05) is 32.8 Å². The van der Waals surface area contributed by atoms with E-state index < -0.39 is 29.6 Å². The quantitative estimate of drug-likeness (QED) is 0.815. The number of carboxylic acids is 1. The maximum atomic E-state index is 13.1. The Bertz CT molecular complexity index is 787. The van der Waals surface area contributed by atoms with Crippen molar-refractivity contribution < 1.29 is 33.7 Å². The Balaban J connectivity index is 1.80. The van der Waals surface area contributed by atoms with Crippen molar-refractivity contribution in [3.8, 4) is 11.5 Å². The molecule has 2 aliphatic heterocycles. The van der Waals surface area contributed by atoms with Crippen LogP contribution in [-0.2, 0) is 9.53 Å². The van der Waals surface area contributed by atoms with Crippen LogP contribution in [0.5, 0.6) is 11.5 Å². The zero-order chi connectivity index (χ0) is 20.5. The van der Waals surface area contributed by atoms with Gasteiger partial charge in [0.1, 0.15) is 24.9 Å². The number of carbonyl (C=O) groups excluding carboxylic acids is 2. The van der Waals surface area contributed by atoms with Crippen LogP contribution in [0.25, 0.3) is 0 Å². The van der Waals surface area contributed by atoms with E-state index in [-0.39, 0.29) is 25.2 Å². The summed E-state index contributed by atoms with van der Waals surface area (Å²) in [6, 6.07) is 3.75. The number of piperazine rings is 1. The van der Waals surface area contributed by atoms with E-state index in [2.05, 4.69) is 0 Å². The van der Waals surface area contributed by atoms with Crippen molar-refractivity contribution in [3.05, 3.63) is 23.8 Å². The largest absolute Gasteiger partial charge is 0.486 e. The summed E-state index contributed by atoms with van der Waals surface area (Å²) in [5.41, 5.74) is -0.447. The lowest BCUT2D eigenvalue weighted by Crippen LogP contribution is -2.59. The number of hydrogen-bond acceptors (Lipinski definition) is 6. The fourth-order valence-electron chi connectivity index (χ4n) is 3.13. The third kappa shape index (κ3) is 4.13. The predicted molar refractivity (Wildman–Crippen MR) is 97.7 cm³/mol. The van der Waals surface area contributed by atoms with Crippen LogP contribution in [0.1, 0.15) is 31.1 Å². The minimum absolute atomic E-state index is 0.0690. The van der Waals surface area contributed by atoms with Gasteiger partial charge in [0.2, 0.25) is 0 Å². The summed E-state index contributed by atoms with van der Waals surface area (Å²) in [6.45, 7) is 6.00. The van der Waals surface area contributed by atoms with Gasteiger partial charge in [0.05, 0.1) is 12.1 Å². The Morgan fingerprint density at radius 1 is 1.14 bits per heavy atom. The Hall–Kier alpha value is -2.97. The highest BCUT2D eigenvalue weighted by Gasteiger charge is 2.39. The number of para-hydroxylation sites is 1. The molecule has 0 bridgehead atoms. The number of fused-ring (bicyclic) bond motifs is 1. The summed E-state index contributed by atoms with van der Waals surface area (Å²) >= 11 is 0. The van der Waals surface area contributed by atoms with Gasteiger partial charge in [0.15, 0.2) is 11.5 Å². The van der Waals surface area contributed by atoms with Crippen LogP contribution in [0.2, 0.25) is 0 Å². The molecule has 2 aliphatic rings. The van der Waals surface area contributed by atoms with Gasteiger partial charge >= 0.3 is 12.1 Å². The molecular formula is C19H24N2O7. The van der Waals surface area contributed by atoms with E-state index in [1.165, 1.54) is 9.80 Å². The van der Waals surface area contributed by atoms with E-state index in [0.29, 0.717) is 24.7 Å². The summed E-state index contributed by atoms with van der Waals surface area (Å²) < 4.78 is 16.4. The second-order valence-corrected chi connectivity index (χ2v) is 7.61. The van der Waals surface area contributed by atoms with Crippen LogP contribution in [0.4, 0.5) is 4.79 Å². The van der Waals surface area contributed by atoms with E-state index in [1.807, 2.05) is 0 Å². The molecule has 1 atom stereocenters. The molecule has 1 saturated heterocycles. The highest BCUT2D eigenvalue weighted by molar-refractivity contribution is 6.00. The van der Waals surface area contributed by atoms with E-state index in [1.54, 1.807) is 39.0 Å². The lowest BCUT2D eigenvalue weighted by Gasteiger charge is -2.39. The van der Waals surface area contributed by atoms with E-state index in [0.717, 1.165) is 0 Å². The third-order valence-corrected chi connectivity index (χ3v) is 4.37. The Morgan fingerprint density at radius 3 is 2.54 bits per heavy atom. The van der Waals surface area contributed by atoms with Gasteiger partial charge in [-0.25, -0.2) is 9.59 Å². The molecule has 0 aliphatic carbocycles. The van der Waals surface area contributed by atoms with Crippen molar-refractivity contribution in [2.45, 2.75) is 32.4 Å². The lowest BCUT2D eigenvalue weighted by atomic mass is 10.1. The first-order valence-corrected chi connectivity index (χ1v) is 9.07. The molecule has 2 amide bonds. The first kappa shape index (κ1) is 19.8. The Labute approximate surface area is 162 Å². The van der Waals surface area contributed by atoms with Gasteiger partial charge in [-0.2, -0.15) is 0 Å². The maximum absolute atomic E-state index is 13.1. The average molecular weight is 392 g/mol. The van der Waals surface area contributed by atoms with Crippen molar-refractivity contribution in [1.29, 1.82) is 0 Å². The average Bonchev–Trinajstić information content (AvgIpc) is 2.65. The van der Waals surface area contributed by atoms with Gasteiger partial charge in [0, 0.05) is 13.1 Å². The monoisotopic (exact) mass is 392 g/mol. The van der Waals surface area contributed by atoms with Crippen molar-refractivity contribution in [1.82, 2.24) is 9.80 Å².